The van der Waals surface area contributed by atoms with Gasteiger partial charge in [0.2, 0.25) is 0 Å². The van der Waals surface area contributed by atoms with Gasteiger partial charge in [-0.3, -0.25) is 4.90 Å². The Labute approximate surface area is 219 Å². The van der Waals surface area contributed by atoms with Gasteiger partial charge in [-0.2, -0.15) is 0 Å². The molecule has 202 valence electrons. The van der Waals surface area contributed by atoms with E-state index in [-0.39, 0.29) is 22.4 Å². The van der Waals surface area contributed by atoms with Crippen molar-refractivity contribution in [2.75, 3.05) is 39.5 Å². The Balaban J connectivity index is 1.16. The summed E-state index contributed by atoms with van der Waals surface area (Å²) in [5.41, 5.74) is 2.56. The first-order valence-electron chi connectivity index (χ1n) is 14.3. The number of allylic oxidation sites excluding steroid dienone is 2. The lowest BCUT2D eigenvalue weighted by Gasteiger charge is -2.61. The third kappa shape index (κ3) is 4.22. The van der Waals surface area contributed by atoms with Crippen molar-refractivity contribution in [3.63, 3.8) is 0 Å². The second-order valence-electron chi connectivity index (χ2n) is 12.6. The average molecular weight is 511 g/mol. The van der Waals surface area contributed by atoms with Gasteiger partial charge in [0.05, 0.1) is 30.8 Å². The zero-order valence-corrected chi connectivity index (χ0v) is 22.4. The Kier molecular flexibility index (Phi) is 6.61. The van der Waals surface area contributed by atoms with Gasteiger partial charge in [0.1, 0.15) is 6.61 Å². The molecule has 0 radical (unpaired) electrons. The largest absolute Gasteiger partial charge is 0.431 e. The maximum atomic E-state index is 12.4. The molecule has 6 atom stereocenters. The van der Waals surface area contributed by atoms with Gasteiger partial charge in [0.15, 0.2) is 0 Å². The van der Waals surface area contributed by atoms with E-state index in [1.165, 1.54) is 11.6 Å². The zero-order chi connectivity index (χ0) is 25.7. The van der Waals surface area contributed by atoms with Crippen LogP contribution in [0.15, 0.2) is 44.4 Å². The van der Waals surface area contributed by atoms with Gasteiger partial charge in [-0.15, -0.1) is 0 Å². The van der Waals surface area contributed by atoms with Crippen LogP contribution in [-0.2, 0) is 9.57 Å². The van der Waals surface area contributed by atoms with Crippen molar-refractivity contribution in [1.82, 2.24) is 4.90 Å². The number of aliphatic hydroxyl groups is 1. The van der Waals surface area contributed by atoms with Gasteiger partial charge in [0.25, 0.3) is 0 Å². The number of morpholine rings is 1. The quantitative estimate of drug-likeness (QED) is 0.464. The molecule has 0 aromatic carbocycles. The molecule has 1 N–H and O–H groups in total. The molecule has 4 fully saturated rings. The minimum Gasteiger partial charge on any atom is -0.431 e. The molecule has 5 aliphatic rings. The monoisotopic (exact) mass is 510 g/mol. The first-order chi connectivity index (χ1) is 17.8. The molecule has 6 rings (SSSR count). The number of oxime groups is 1. The van der Waals surface area contributed by atoms with Crippen LogP contribution in [0.25, 0.3) is 0 Å². The molecule has 3 saturated carbocycles. The number of hydrogen-bond donors (Lipinski definition) is 1. The summed E-state index contributed by atoms with van der Waals surface area (Å²) in [5.74, 6) is 1.02. The molecule has 7 heteroatoms. The number of hydrogen-bond acceptors (Lipinski definition) is 7. The Bertz CT molecular complexity index is 1100. The third-order valence-corrected chi connectivity index (χ3v) is 11.1. The lowest BCUT2D eigenvalue weighted by Crippen LogP contribution is -2.60. The fourth-order valence-electron chi connectivity index (χ4n) is 8.84. The topological polar surface area (TPSA) is 84.5 Å². The zero-order valence-electron chi connectivity index (χ0n) is 22.4. The van der Waals surface area contributed by atoms with Crippen LogP contribution in [0.1, 0.15) is 76.7 Å². The van der Waals surface area contributed by atoms with Crippen molar-refractivity contribution in [1.29, 1.82) is 0 Å². The van der Waals surface area contributed by atoms with E-state index < -0.39 is 5.60 Å². The summed E-state index contributed by atoms with van der Waals surface area (Å²) < 4.78 is 10.6. The Hall–Kier alpha value is -1.96. The van der Waals surface area contributed by atoms with E-state index in [4.69, 9.17) is 14.0 Å². The highest BCUT2D eigenvalue weighted by Gasteiger charge is 2.66. The summed E-state index contributed by atoms with van der Waals surface area (Å²) in [6.07, 6.45) is 11.9. The summed E-state index contributed by atoms with van der Waals surface area (Å²) >= 11 is 0. The molecule has 1 aromatic heterocycles. The van der Waals surface area contributed by atoms with Gasteiger partial charge in [-0.05, 0) is 92.2 Å². The lowest BCUT2D eigenvalue weighted by molar-refractivity contribution is -0.176. The van der Waals surface area contributed by atoms with Gasteiger partial charge in [0, 0.05) is 31.1 Å². The molecular formula is C30H42N2O5. The summed E-state index contributed by atoms with van der Waals surface area (Å²) in [6, 6.07) is 3.43. The highest BCUT2D eigenvalue weighted by Crippen LogP contribution is 2.69. The Morgan fingerprint density at radius 3 is 2.70 bits per heavy atom. The van der Waals surface area contributed by atoms with Crippen molar-refractivity contribution in [3.05, 3.63) is 46.0 Å². The van der Waals surface area contributed by atoms with Gasteiger partial charge >= 0.3 is 5.63 Å². The van der Waals surface area contributed by atoms with E-state index >= 15 is 0 Å². The van der Waals surface area contributed by atoms with E-state index in [0.29, 0.717) is 18.4 Å². The van der Waals surface area contributed by atoms with Crippen LogP contribution >= 0.6 is 0 Å². The van der Waals surface area contributed by atoms with Crippen LogP contribution in [0.5, 0.6) is 0 Å². The summed E-state index contributed by atoms with van der Waals surface area (Å²) in [5, 5.41) is 16.9. The van der Waals surface area contributed by atoms with Crippen molar-refractivity contribution in [2.45, 2.75) is 76.7 Å². The molecular weight excluding hydrogens is 468 g/mol. The average Bonchev–Trinajstić information content (AvgIpc) is 3.19. The smallest absolute Gasteiger partial charge is 0.335 e. The van der Waals surface area contributed by atoms with E-state index in [9.17, 15) is 9.90 Å². The summed E-state index contributed by atoms with van der Waals surface area (Å²) in [6.45, 7) is 9.80. The van der Waals surface area contributed by atoms with E-state index in [1.807, 2.05) is 6.07 Å². The second-order valence-corrected chi connectivity index (χ2v) is 12.6. The van der Waals surface area contributed by atoms with Crippen LogP contribution in [0.3, 0.4) is 0 Å². The van der Waals surface area contributed by atoms with Crippen LogP contribution < -0.4 is 5.63 Å². The minimum absolute atomic E-state index is 0.115. The summed E-state index contributed by atoms with van der Waals surface area (Å²) in [7, 11) is 0. The molecule has 37 heavy (non-hydrogen) atoms. The fraction of sp³-hybridized carbons (Fsp3) is 0.733. The number of ether oxygens (including phenoxy) is 1. The van der Waals surface area contributed by atoms with Gasteiger partial charge < -0.3 is 19.1 Å². The molecule has 1 aliphatic heterocycles. The molecule has 4 aliphatic carbocycles. The minimum atomic E-state index is -0.678. The molecule has 0 amide bonds. The van der Waals surface area contributed by atoms with Gasteiger partial charge in [-0.25, -0.2) is 4.79 Å². The Morgan fingerprint density at radius 1 is 1.08 bits per heavy atom. The first kappa shape index (κ1) is 25.3. The molecule has 2 heterocycles. The molecule has 1 saturated heterocycles. The van der Waals surface area contributed by atoms with Crippen molar-refractivity contribution in [2.24, 2.45) is 27.8 Å². The van der Waals surface area contributed by atoms with E-state index in [0.717, 1.165) is 95.5 Å². The number of nitrogens with zero attached hydrogens (tertiary/aromatic N) is 2. The van der Waals surface area contributed by atoms with Crippen LogP contribution in [-0.4, -0.2) is 60.8 Å². The molecule has 7 nitrogen and oxygen atoms in total. The van der Waals surface area contributed by atoms with Crippen molar-refractivity contribution < 1.29 is 19.1 Å². The van der Waals surface area contributed by atoms with Crippen molar-refractivity contribution >= 4 is 5.71 Å². The van der Waals surface area contributed by atoms with Crippen LogP contribution in [0, 0.1) is 22.7 Å². The molecule has 6 unspecified atom stereocenters. The first-order valence-corrected chi connectivity index (χ1v) is 14.3. The molecule has 1 aromatic rings. The Morgan fingerprint density at radius 2 is 1.92 bits per heavy atom. The highest BCUT2D eigenvalue weighted by molar-refractivity contribution is 5.96. The number of fused-ring (bicyclic) bond motifs is 5. The third-order valence-electron chi connectivity index (χ3n) is 11.1. The van der Waals surface area contributed by atoms with Crippen LogP contribution in [0.2, 0.25) is 0 Å². The number of rotatable bonds is 5. The molecule has 0 spiro atoms. The fourth-order valence-corrected chi connectivity index (χ4v) is 8.84. The van der Waals surface area contributed by atoms with Gasteiger partial charge in [-0.1, -0.05) is 24.6 Å². The van der Waals surface area contributed by atoms with Crippen LogP contribution in [0.4, 0.5) is 0 Å². The SMILES string of the molecule is CC12CC/C(=N\OCCN3CCOCC3)C=C1CCC1C2CCC2(C)C(c3ccc(=O)oc3)CCC12O. The van der Waals surface area contributed by atoms with E-state index in [2.05, 4.69) is 30.0 Å². The summed E-state index contributed by atoms with van der Waals surface area (Å²) in [4.78, 5) is 19.6. The normalized spacial score (nSPS) is 41.0. The standard InChI is InChI=1S/C30H42N2O5/c1-28-10-7-23(31-37-18-15-32-13-16-35-17-14-32)19-22(28)4-5-26-25(28)8-11-29(2)24(9-12-30(26,29)34)21-3-6-27(33)36-20-21/h3,6,19-20,24-26,34H,4-5,7-18H2,1-2H3/b31-23+. The molecule has 0 bridgehead atoms. The maximum absolute atomic E-state index is 12.4. The highest BCUT2D eigenvalue weighted by atomic mass is 16.6. The van der Waals surface area contributed by atoms with E-state index in [1.54, 1.807) is 6.26 Å². The predicted octanol–water partition coefficient (Wildman–Crippen LogP) is 4.51. The maximum Gasteiger partial charge on any atom is 0.335 e. The predicted molar refractivity (Wildman–Crippen MR) is 142 cm³/mol. The lowest BCUT2D eigenvalue weighted by atomic mass is 9.45. The van der Waals surface area contributed by atoms with Crippen molar-refractivity contribution in [3.8, 4) is 0 Å². The second kappa shape index (κ2) is 9.65.